The molecule has 0 unspecified atom stereocenters. The number of aromatic nitrogens is 2. The lowest BCUT2D eigenvalue weighted by molar-refractivity contribution is -0.154. The summed E-state index contributed by atoms with van der Waals surface area (Å²) in [6, 6.07) is 9.68. The highest BCUT2D eigenvalue weighted by Crippen LogP contribution is 2.10. The van der Waals surface area contributed by atoms with Crippen LogP contribution in [0.15, 0.2) is 42.7 Å². The largest absolute Gasteiger partial charge is 0.481 e. The summed E-state index contributed by atoms with van der Waals surface area (Å²) in [7, 11) is 0. The van der Waals surface area contributed by atoms with Crippen LogP contribution in [0.4, 0.5) is 0 Å². The maximum atomic E-state index is 10.8. The molecular formula is C14H14N2O4. The average Bonchev–Trinajstić information content (AvgIpc) is 2.84. The Bertz CT molecular complexity index is 593. The maximum absolute atomic E-state index is 10.8. The van der Waals surface area contributed by atoms with E-state index in [1.54, 1.807) is 10.9 Å². The number of hydrogen-bond donors (Lipinski definition) is 2. The van der Waals surface area contributed by atoms with Gasteiger partial charge in [-0.05, 0) is 17.5 Å². The number of hydrogen-bond acceptors (Lipinski definition) is 3. The molecule has 20 heavy (non-hydrogen) atoms. The van der Waals surface area contributed by atoms with Crippen LogP contribution >= 0.6 is 0 Å². The number of rotatable bonds is 6. The van der Waals surface area contributed by atoms with Crippen LogP contribution in [0.2, 0.25) is 0 Å². The molecule has 0 saturated heterocycles. The Morgan fingerprint density at radius 2 is 1.75 bits per heavy atom. The first-order chi connectivity index (χ1) is 9.56. The van der Waals surface area contributed by atoms with Crippen LogP contribution in [0.25, 0.3) is 0 Å². The SMILES string of the molecule is O=C(O)C(Cc1cnn(Cc2ccccc2)c1)C(=O)O. The molecule has 0 bridgehead atoms. The molecule has 6 nitrogen and oxygen atoms in total. The van der Waals surface area contributed by atoms with E-state index in [0.29, 0.717) is 12.1 Å². The highest BCUT2D eigenvalue weighted by molar-refractivity contribution is 5.93. The normalized spacial score (nSPS) is 10.7. The van der Waals surface area contributed by atoms with Gasteiger partial charge in [-0.2, -0.15) is 5.10 Å². The third kappa shape index (κ3) is 3.44. The summed E-state index contributed by atoms with van der Waals surface area (Å²) in [5.74, 6) is -4.12. The van der Waals surface area contributed by atoms with Gasteiger partial charge in [0.15, 0.2) is 5.92 Å². The zero-order valence-corrected chi connectivity index (χ0v) is 10.6. The van der Waals surface area contributed by atoms with Crippen LogP contribution in [0, 0.1) is 5.92 Å². The lowest BCUT2D eigenvalue weighted by Gasteiger charge is -2.04. The van der Waals surface area contributed by atoms with Gasteiger partial charge in [-0.1, -0.05) is 30.3 Å². The Hall–Kier alpha value is -2.63. The fourth-order valence-electron chi connectivity index (χ4n) is 1.88. The standard InChI is InChI=1S/C14H14N2O4/c17-13(18)12(14(19)20)6-11-7-15-16(9-11)8-10-4-2-1-3-5-10/h1-5,7,9,12H,6,8H2,(H,17,18)(H,19,20). The lowest BCUT2D eigenvalue weighted by Crippen LogP contribution is -2.25. The Labute approximate surface area is 115 Å². The summed E-state index contributed by atoms with van der Waals surface area (Å²) in [6.07, 6.45) is 3.10. The summed E-state index contributed by atoms with van der Waals surface area (Å²) in [5, 5.41) is 21.8. The topological polar surface area (TPSA) is 92.4 Å². The number of carbonyl (C=O) groups is 2. The number of carboxylic acids is 2. The highest BCUT2D eigenvalue weighted by atomic mass is 16.4. The molecule has 0 atom stereocenters. The van der Waals surface area contributed by atoms with Crippen LogP contribution in [0.5, 0.6) is 0 Å². The van der Waals surface area contributed by atoms with E-state index in [1.807, 2.05) is 30.3 Å². The van der Waals surface area contributed by atoms with Gasteiger partial charge in [0.25, 0.3) is 0 Å². The van der Waals surface area contributed by atoms with E-state index in [0.717, 1.165) is 5.56 Å². The summed E-state index contributed by atoms with van der Waals surface area (Å²) in [6.45, 7) is 0.561. The van der Waals surface area contributed by atoms with Crippen LogP contribution in [0.1, 0.15) is 11.1 Å². The molecule has 0 amide bonds. The summed E-state index contributed by atoms with van der Waals surface area (Å²) < 4.78 is 1.66. The van der Waals surface area contributed by atoms with Crippen molar-refractivity contribution in [3.05, 3.63) is 53.9 Å². The minimum absolute atomic E-state index is 0.0700. The molecule has 0 spiro atoms. The Morgan fingerprint density at radius 1 is 1.10 bits per heavy atom. The Kier molecular flexibility index (Phi) is 4.14. The van der Waals surface area contributed by atoms with E-state index >= 15 is 0 Å². The molecule has 0 radical (unpaired) electrons. The van der Waals surface area contributed by atoms with Crippen molar-refractivity contribution in [2.24, 2.45) is 5.92 Å². The first-order valence-electron chi connectivity index (χ1n) is 6.07. The predicted octanol–water partition coefficient (Wildman–Crippen LogP) is 1.26. The number of aliphatic carboxylic acids is 2. The monoisotopic (exact) mass is 274 g/mol. The second-order valence-corrected chi connectivity index (χ2v) is 4.46. The van der Waals surface area contributed by atoms with E-state index in [9.17, 15) is 9.59 Å². The van der Waals surface area contributed by atoms with Crippen molar-refractivity contribution >= 4 is 11.9 Å². The Morgan fingerprint density at radius 3 is 2.35 bits per heavy atom. The van der Waals surface area contributed by atoms with Crippen molar-refractivity contribution < 1.29 is 19.8 Å². The fourth-order valence-corrected chi connectivity index (χ4v) is 1.88. The summed E-state index contributed by atoms with van der Waals surface area (Å²) in [5.41, 5.74) is 1.66. The summed E-state index contributed by atoms with van der Waals surface area (Å²) in [4.78, 5) is 21.7. The lowest BCUT2D eigenvalue weighted by atomic mass is 10.0. The van der Waals surface area contributed by atoms with Crippen molar-refractivity contribution in [3.63, 3.8) is 0 Å². The van der Waals surface area contributed by atoms with Gasteiger partial charge in [0.2, 0.25) is 0 Å². The van der Waals surface area contributed by atoms with E-state index in [4.69, 9.17) is 10.2 Å². The van der Waals surface area contributed by atoms with Gasteiger partial charge in [0, 0.05) is 6.20 Å². The predicted molar refractivity (Wildman–Crippen MR) is 70.2 cm³/mol. The van der Waals surface area contributed by atoms with E-state index in [2.05, 4.69) is 5.10 Å². The molecule has 1 aromatic heterocycles. The van der Waals surface area contributed by atoms with Crippen molar-refractivity contribution in [1.82, 2.24) is 9.78 Å². The zero-order valence-electron chi connectivity index (χ0n) is 10.6. The quantitative estimate of drug-likeness (QED) is 0.774. The van der Waals surface area contributed by atoms with Gasteiger partial charge in [-0.25, -0.2) is 0 Å². The molecule has 2 N–H and O–H groups in total. The molecular weight excluding hydrogens is 260 g/mol. The first-order valence-corrected chi connectivity index (χ1v) is 6.07. The minimum atomic E-state index is -1.44. The Balaban J connectivity index is 2.05. The van der Waals surface area contributed by atoms with E-state index in [-0.39, 0.29) is 6.42 Å². The molecule has 2 aromatic rings. The van der Waals surface area contributed by atoms with Gasteiger partial charge < -0.3 is 10.2 Å². The van der Waals surface area contributed by atoms with Crippen LogP contribution in [-0.2, 0) is 22.6 Å². The summed E-state index contributed by atoms with van der Waals surface area (Å²) >= 11 is 0. The van der Waals surface area contributed by atoms with Crippen LogP contribution in [-0.4, -0.2) is 31.9 Å². The third-order valence-corrected chi connectivity index (χ3v) is 2.91. The molecule has 0 fully saturated rings. The molecule has 1 aromatic carbocycles. The van der Waals surface area contributed by atoms with Crippen molar-refractivity contribution in [2.75, 3.05) is 0 Å². The van der Waals surface area contributed by atoms with Crippen molar-refractivity contribution in [3.8, 4) is 0 Å². The van der Waals surface area contributed by atoms with Gasteiger partial charge in [-0.3, -0.25) is 14.3 Å². The molecule has 2 rings (SSSR count). The molecule has 0 aliphatic carbocycles. The average molecular weight is 274 g/mol. The molecule has 0 aliphatic rings. The first kappa shape index (κ1) is 13.8. The highest BCUT2D eigenvalue weighted by Gasteiger charge is 2.26. The minimum Gasteiger partial charge on any atom is -0.481 e. The molecule has 1 heterocycles. The molecule has 6 heteroatoms. The van der Waals surface area contributed by atoms with E-state index < -0.39 is 17.9 Å². The zero-order chi connectivity index (χ0) is 14.5. The smallest absolute Gasteiger partial charge is 0.318 e. The van der Waals surface area contributed by atoms with Gasteiger partial charge in [-0.15, -0.1) is 0 Å². The molecule has 0 saturated carbocycles. The van der Waals surface area contributed by atoms with Gasteiger partial charge in [0.1, 0.15) is 0 Å². The van der Waals surface area contributed by atoms with E-state index in [1.165, 1.54) is 6.20 Å². The maximum Gasteiger partial charge on any atom is 0.318 e. The second-order valence-electron chi connectivity index (χ2n) is 4.46. The van der Waals surface area contributed by atoms with Crippen molar-refractivity contribution in [1.29, 1.82) is 0 Å². The number of nitrogens with zero attached hydrogens (tertiary/aromatic N) is 2. The third-order valence-electron chi connectivity index (χ3n) is 2.91. The number of benzene rings is 1. The van der Waals surface area contributed by atoms with Crippen LogP contribution < -0.4 is 0 Å². The number of carboxylic acid groups (broad SMARTS) is 2. The van der Waals surface area contributed by atoms with Crippen molar-refractivity contribution in [2.45, 2.75) is 13.0 Å². The fraction of sp³-hybridized carbons (Fsp3) is 0.214. The second kappa shape index (κ2) is 6.01. The van der Waals surface area contributed by atoms with Crippen LogP contribution in [0.3, 0.4) is 0 Å². The molecule has 104 valence electrons. The van der Waals surface area contributed by atoms with Gasteiger partial charge in [0.05, 0.1) is 12.7 Å². The van der Waals surface area contributed by atoms with Gasteiger partial charge >= 0.3 is 11.9 Å². The molecule has 0 aliphatic heterocycles.